The Morgan fingerprint density at radius 2 is 1.46 bits per heavy atom. The number of amides is 1. The Hall–Kier alpha value is -1.94. The van der Waals surface area contributed by atoms with Gasteiger partial charge in [-0.25, -0.2) is 0 Å². The van der Waals surface area contributed by atoms with Crippen molar-refractivity contribution in [3.63, 3.8) is 0 Å². The Balaban J connectivity index is 1.67. The van der Waals surface area contributed by atoms with E-state index in [0.29, 0.717) is 15.6 Å². The zero-order valence-electron chi connectivity index (χ0n) is 12.5. The van der Waals surface area contributed by atoms with Crippen molar-refractivity contribution in [2.75, 3.05) is 5.32 Å². The molecule has 0 bridgehead atoms. The monoisotopic (exact) mass is 373 g/mol. The largest absolute Gasteiger partial charge is 0.322 e. The molecule has 1 amide bonds. The molecular formula is C19H13Cl2NOS. The molecule has 3 aromatic carbocycles. The zero-order chi connectivity index (χ0) is 16.9. The van der Waals surface area contributed by atoms with Crippen LogP contribution >= 0.6 is 35.0 Å². The quantitative estimate of drug-likeness (QED) is 0.573. The van der Waals surface area contributed by atoms with Crippen LogP contribution in [0.25, 0.3) is 0 Å². The highest BCUT2D eigenvalue weighted by Crippen LogP contribution is 2.28. The second kappa shape index (κ2) is 7.75. The van der Waals surface area contributed by atoms with Gasteiger partial charge in [0.25, 0.3) is 5.91 Å². The third kappa shape index (κ3) is 4.32. The summed E-state index contributed by atoms with van der Waals surface area (Å²) < 4.78 is 0. The molecule has 3 rings (SSSR count). The van der Waals surface area contributed by atoms with Crippen LogP contribution in [-0.4, -0.2) is 5.91 Å². The molecule has 0 aromatic heterocycles. The first-order valence-electron chi connectivity index (χ1n) is 7.21. The molecule has 0 saturated carbocycles. The second-order valence-electron chi connectivity index (χ2n) is 5.02. The van der Waals surface area contributed by atoms with E-state index in [1.807, 2.05) is 42.5 Å². The van der Waals surface area contributed by atoms with Crippen LogP contribution in [0.15, 0.2) is 82.6 Å². The maximum Gasteiger partial charge on any atom is 0.255 e. The van der Waals surface area contributed by atoms with E-state index in [1.165, 1.54) is 4.90 Å². The Morgan fingerprint density at radius 3 is 2.12 bits per heavy atom. The van der Waals surface area contributed by atoms with Crippen LogP contribution < -0.4 is 5.32 Å². The Morgan fingerprint density at radius 1 is 0.792 bits per heavy atom. The van der Waals surface area contributed by atoms with Gasteiger partial charge in [-0.05, 0) is 54.6 Å². The Labute approximate surface area is 154 Å². The molecule has 0 aliphatic heterocycles. The van der Waals surface area contributed by atoms with Crippen molar-refractivity contribution in [1.29, 1.82) is 0 Å². The van der Waals surface area contributed by atoms with Crippen molar-refractivity contribution in [2.24, 2.45) is 0 Å². The van der Waals surface area contributed by atoms with Crippen LogP contribution in [0.3, 0.4) is 0 Å². The highest BCUT2D eigenvalue weighted by molar-refractivity contribution is 7.99. The van der Waals surface area contributed by atoms with Crippen LogP contribution in [-0.2, 0) is 0 Å². The molecule has 0 spiro atoms. The number of carbonyl (C=O) groups is 1. The molecule has 0 aliphatic rings. The van der Waals surface area contributed by atoms with Gasteiger partial charge in [0.1, 0.15) is 0 Å². The van der Waals surface area contributed by atoms with Gasteiger partial charge in [0.05, 0.1) is 10.0 Å². The third-order valence-electron chi connectivity index (χ3n) is 3.27. The van der Waals surface area contributed by atoms with Crippen molar-refractivity contribution in [3.05, 3.63) is 88.4 Å². The van der Waals surface area contributed by atoms with Crippen LogP contribution in [0, 0.1) is 0 Å². The summed E-state index contributed by atoms with van der Waals surface area (Å²) in [6.07, 6.45) is 0. The first-order valence-corrected chi connectivity index (χ1v) is 8.78. The summed E-state index contributed by atoms with van der Waals surface area (Å²) in [7, 11) is 0. The second-order valence-corrected chi connectivity index (χ2v) is 6.98. The first-order chi connectivity index (χ1) is 11.6. The topological polar surface area (TPSA) is 29.1 Å². The molecular weight excluding hydrogens is 361 g/mol. The molecule has 2 nitrogen and oxygen atoms in total. The maximum absolute atomic E-state index is 12.2. The number of anilines is 1. The van der Waals surface area contributed by atoms with Gasteiger partial charge < -0.3 is 5.32 Å². The summed E-state index contributed by atoms with van der Waals surface area (Å²) >= 11 is 13.5. The Bertz CT molecular complexity index is 851. The van der Waals surface area contributed by atoms with Gasteiger partial charge in [0, 0.05) is 21.0 Å². The number of rotatable bonds is 4. The summed E-state index contributed by atoms with van der Waals surface area (Å²) in [6, 6.07) is 22.6. The van der Waals surface area contributed by atoms with Gasteiger partial charge in [-0.3, -0.25) is 4.79 Å². The first kappa shape index (κ1) is 16.9. The number of hydrogen-bond acceptors (Lipinski definition) is 2. The predicted molar refractivity (Wildman–Crippen MR) is 101 cm³/mol. The molecule has 0 heterocycles. The van der Waals surface area contributed by atoms with Crippen LogP contribution in [0.1, 0.15) is 10.4 Å². The van der Waals surface area contributed by atoms with Crippen LogP contribution in [0.4, 0.5) is 5.69 Å². The highest BCUT2D eigenvalue weighted by Gasteiger charge is 2.08. The van der Waals surface area contributed by atoms with E-state index in [9.17, 15) is 4.79 Å². The number of hydrogen-bond donors (Lipinski definition) is 1. The molecule has 5 heteroatoms. The Kier molecular flexibility index (Phi) is 5.46. The molecule has 0 saturated heterocycles. The number of benzene rings is 3. The van der Waals surface area contributed by atoms with Crippen LogP contribution in [0.2, 0.25) is 10.0 Å². The average molecular weight is 374 g/mol. The molecule has 1 N–H and O–H groups in total. The van der Waals surface area contributed by atoms with E-state index in [1.54, 1.807) is 30.0 Å². The van der Waals surface area contributed by atoms with Crippen molar-refractivity contribution < 1.29 is 4.79 Å². The van der Waals surface area contributed by atoms with E-state index in [2.05, 4.69) is 17.4 Å². The minimum atomic E-state index is -0.225. The van der Waals surface area contributed by atoms with Gasteiger partial charge in [-0.15, -0.1) is 0 Å². The predicted octanol–water partition coefficient (Wildman–Crippen LogP) is 6.40. The number of nitrogens with one attached hydrogen (secondary N) is 1. The number of carbonyl (C=O) groups excluding carboxylic acids is 1. The zero-order valence-corrected chi connectivity index (χ0v) is 14.8. The summed E-state index contributed by atoms with van der Waals surface area (Å²) in [5, 5.41) is 3.63. The summed E-state index contributed by atoms with van der Waals surface area (Å²) in [6.45, 7) is 0. The van der Waals surface area contributed by atoms with Gasteiger partial charge in [-0.2, -0.15) is 0 Å². The fraction of sp³-hybridized carbons (Fsp3) is 0. The lowest BCUT2D eigenvalue weighted by Gasteiger charge is -2.07. The summed E-state index contributed by atoms with van der Waals surface area (Å²) in [4.78, 5) is 14.5. The molecule has 3 aromatic rings. The highest BCUT2D eigenvalue weighted by atomic mass is 35.5. The SMILES string of the molecule is O=C(Nc1ccc(Sc2ccccc2)cc1)c1ccc(Cl)c(Cl)c1. The molecule has 0 aliphatic carbocycles. The van der Waals surface area contributed by atoms with E-state index < -0.39 is 0 Å². The van der Waals surface area contributed by atoms with Crippen molar-refractivity contribution in [1.82, 2.24) is 0 Å². The molecule has 120 valence electrons. The van der Waals surface area contributed by atoms with Crippen molar-refractivity contribution in [3.8, 4) is 0 Å². The lowest BCUT2D eigenvalue weighted by atomic mass is 10.2. The smallest absolute Gasteiger partial charge is 0.255 e. The lowest BCUT2D eigenvalue weighted by molar-refractivity contribution is 0.102. The summed E-state index contributed by atoms with van der Waals surface area (Å²) in [5.74, 6) is -0.225. The van der Waals surface area contributed by atoms with Crippen molar-refractivity contribution in [2.45, 2.75) is 9.79 Å². The average Bonchev–Trinajstić information content (AvgIpc) is 2.60. The standard InChI is InChI=1S/C19H13Cl2NOS/c20-17-11-6-13(12-18(17)21)19(23)22-14-7-9-16(10-8-14)24-15-4-2-1-3-5-15/h1-12H,(H,22,23). The number of halogens is 2. The normalized spacial score (nSPS) is 10.4. The van der Waals surface area contributed by atoms with Gasteiger partial charge in [-0.1, -0.05) is 53.2 Å². The minimum Gasteiger partial charge on any atom is -0.322 e. The van der Waals surface area contributed by atoms with E-state index in [0.717, 1.165) is 10.6 Å². The fourth-order valence-electron chi connectivity index (χ4n) is 2.07. The minimum absolute atomic E-state index is 0.225. The van der Waals surface area contributed by atoms with Crippen molar-refractivity contribution >= 4 is 46.6 Å². The van der Waals surface area contributed by atoms with Gasteiger partial charge in [0.2, 0.25) is 0 Å². The van der Waals surface area contributed by atoms with Gasteiger partial charge in [0.15, 0.2) is 0 Å². The molecule has 0 fully saturated rings. The lowest BCUT2D eigenvalue weighted by Crippen LogP contribution is -2.11. The third-order valence-corrected chi connectivity index (χ3v) is 5.03. The van der Waals surface area contributed by atoms with E-state index >= 15 is 0 Å². The molecule has 0 unspecified atom stereocenters. The molecule has 24 heavy (non-hydrogen) atoms. The molecule has 0 atom stereocenters. The van der Waals surface area contributed by atoms with E-state index in [-0.39, 0.29) is 5.91 Å². The summed E-state index contributed by atoms with van der Waals surface area (Å²) in [5.41, 5.74) is 1.19. The van der Waals surface area contributed by atoms with E-state index in [4.69, 9.17) is 23.2 Å². The maximum atomic E-state index is 12.2. The fourth-order valence-corrected chi connectivity index (χ4v) is 3.21. The molecule has 0 radical (unpaired) electrons. The van der Waals surface area contributed by atoms with Gasteiger partial charge >= 0.3 is 0 Å². The van der Waals surface area contributed by atoms with Crippen LogP contribution in [0.5, 0.6) is 0 Å².